The van der Waals surface area contributed by atoms with E-state index in [0.717, 1.165) is 54.8 Å². The van der Waals surface area contributed by atoms with E-state index >= 15 is 0 Å². The molecule has 8 atom stereocenters. The lowest BCUT2D eigenvalue weighted by Gasteiger charge is -2.58. The third-order valence-electron chi connectivity index (χ3n) is 10.8. The van der Waals surface area contributed by atoms with Gasteiger partial charge in [-0.15, -0.1) is 0 Å². The van der Waals surface area contributed by atoms with E-state index in [-0.39, 0.29) is 6.10 Å². The number of rotatable bonds is 7. The van der Waals surface area contributed by atoms with Crippen LogP contribution in [0.3, 0.4) is 0 Å². The Hall–Kier alpha value is -0.990. The summed E-state index contributed by atoms with van der Waals surface area (Å²) < 4.78 is 10.7. The van der Waals surface area contributed by atoms with Gasteiger partial charge in [0.1, 0.15) is 6.10 Å². The molecule has 4 aliphatic rings. The SMILES string of the molecule is CCOC(=O)O[C@H]1CC[C@@]2(C)C(=CCC3C2CC[C@@]2(C)C3CC[C@@H]2C(C)CCCC(C)C)C1. The maximum absolute atomic E-state index is 11.9. The highest BCUT2D eigenvalue weighted by molar-refractivity contribution is 5.60. The highest BCUT2D eigenvalue weighted by atomic mass is 16.7. The smallest absolute Gasteiger partial charge is 0.435 e. The number of allylic oxidation sites excluding steroid dienone is 1. The number of hydrogen-bond donors (Lipinski definition) is 0. The van der Waals surface area contributed by atoms with Crippen LogP contribution >= 0.6 is 0 Å². The minimum absolute atomic E-state index is 0.00340. The number of fused-ring (bicyclic) bond motifs is 5. The van der Waals surface area contributed by atoms with E-state index in [1.807, 2.05) is 6.92 Å². The lowest BCUT2D eigenvalue weighted by atomic mass is 9.47. The molecule has 0 radical (unpaired) electrons. The van der Waals surface area contributed by atoms with Crippen LogP contribution in [0.1, 0.15) is 112 Å². The van der Waals surface area contributed by atoms with Crippen LogP contribution in [0.5, 0.6) is 0 Å². The van der Waals surface area contributed by atoms with Gasteiger partial charge in [0.05, 0.1) is 6.61 Å². The molecule has 4 unspecified atom stereocenters. The Morgan fingerprint density at radius 2 is 1.85 bits per heavy atom. The fourth-order valence-corrected chi connectivity index (χ4v) is 9.04. The van der Waals surface area contributed by atoms with E-state index in [9.17, 15) is 4.79 Å². The topological polar surface area (TPSA) is 35.5 Å². The molecule has 188 valence electrons. The Kier molecular flexibility index (Phi) is 7.56. The zero-order valence-corrected chi connectivity index (χ0v) is 22.3. The molecular formula is C30H50O3. The van der Waals surface area contributed by atoms with Gasteiger partial charge in [-0.1, -0.05) is 65.5 Å². The third-order valence-corrected chi connectivity index (χ3v) is 10.8. The molecule has 0 aliphatic heterocycles. The molecule has 3 heteroatoms. The highest BCUT2D eigenvalue weighted by Crippen LogP contribution is 2.67. The summed E-state index contributed by atoms with van der Waals surface area (Å²) in [6.45, 7) is 14.7. The quantitative estimate of drug-likeness (QED) is 0.283. The molecule has 0 bridgehead atoms. The number of carbonyl (C=O) groups is 1. The summed E-state index contributed by atoms with van der Waals surface area (Å²) in [5.41, 5.74) is 2.42. The highest BCUT2D eigenvalue weighted by Gasteiger charge is 2.59. The first-order valence-electron chi connectivity index (χ1n) is 14.2. The van der Waals surface area contributed by atoms with Crippen molar-refractivity contribution in [1.29, 1.82) is 0 Å². The zero-order chi connectivity index (χ0) is 23.8. The molecular weight excluding hydrogens is 408 g/mol. The Balaban J connectivity index is 1.43. The molecule has 0 heterocycles. The van der Waals surface area contributed by atoms with E-state index in [0.29, 0.717) is 17.4 Å². The molecule has 4 rings (SSSR count). The fourth-order valence-electron chi connectivity index (χ4n) is 9.04. The molecule has 3 fully saturated rings. The van der Waals surface area contributed by atoms with Gasteiger partial charge in [-0.2, -0.15) is 0 Å². The monoisotopic (exact) mass is 458 g/mol. The fraction of sp³-hybridized carbons (Fsp3) is 0.900. The van der Waals surface area contributed by atoms with Crippen molar-refractivity contribution in [2.45, 2.75) is 118 Å². The number of hydrogen-bond acceptors (Lipinski definition) is 3. The van der Waals surface area contributed by atoms with E-state index in [2.05, 4.69) is 40.7 Å². The molecule has 4 aliphatic carbocycles. The van der Waals surface area contributed by atoms with Crippen molar-refractivity contribution in [3.63, 3.8) is 0 Å². The van der Waals surface area contributed by atoms with Crippen LogP contribution in [0.15, 0.2) is 11.6 Å². The Morgan fingerprint density at radius 3 is 2.58 bits per heavy atom. The molecule has 0 spiro atoms. The number of ether oxygens (including phenoxy) is 2. The van der Waals surface area contributed by atoms with Crippen LogP contribution in [0.25, 0.3) is 0 Å². The third kappa shape index (κ3) is 4.76. The first-order chi connectivity index (χ1) is 15.7. The van der Waals surface area contributed by atoms with Crippen molar-refractivity contribution in [1.82, 2.24) is 0 Å². The van der Waals surface area contributed by atoms with E-state index in [1.54, 1.807) is 5.57 Å². The zero-order valence-electron chi connectivity index (χ0n) is 22.3. The van der Waals surface area contributed by atoms with Gasteiger partial charge in [0.2, 0.25) is 0 Å². The largest absolute Gasteiger partial charge is 0.508 e. The first kappa shape index (κ1) is 25.1. The summed E-state index contributed by atoms with van der Waals surface area (Å²) >= 11 is 0. The van der Waals surface area contributed by atoms with Crippen LogP contribution in [-0.2, 0) is 9.47 Å². The van der Waals surface area contributed by atoms with Crippen molar-refractivity contribution in [3.05, 3.63) is 11.6 Å². The van der Waals surface area contributed by atoms with Crippen molar-refractivity contribution in [2.75, 3.05) is 6.61 Å². The summed E-state index contributed by atoms with van der Waals surface area (Å²) in [5, 5.41) is 0. The van der Waals surface area contributed by atoms with Crippen molar-refractivity contribution in [2.24, 2.45) is 46.3 Å². The number of carbonyl (C=O) groups excluding carboxylic acids is 1. The second kappa shape index (κ2) is 9.94. The second-order valence-corrected chi connectivity index (χ2v) is 13.0. The van der Waals surface area contributed by atoms with Gasteiger partial charge < -0.3 is 9.47 Å². The molecule has 3 saturated carbocycles. The average molecular weight is 459 g/mol. The van der Waals surface area contributed by atoms with Gasteiger partial charge in [0.25, 0.3) is 0 Å². The van der Waals surface area contributed by atoms with Crippen LogP contribution < -0.4 is 0 Å². The van der Waals surface area contributed by atoms with E-state index in [4.69, 9.17) is 9.47 Å². The minimum atomic E-state index is -0.492. The average Bonchev–Trinajstić information content (AvgIpc) is 3.11. The summed E-state index contributed by atoms with van der Waals surface area (Å²) in [7, 11) is 0. The summed E-state index contributed by atoms with van der Waals surface area (Å²) in [4.78, 5) is 11.9. The summed E-state index contributed by atoms with van der Waals surface area (Å²) in [5.74, 6) is 5.19. The molecule has 0 saturated heterocycles. The molecule has 0 aromatic rings. The van der Waals surface area contributed by atoms with Crippen LogP contribution in [0.4, 0.5) is 4.79 Å². The molecule has 3 nitrogen and oxygen atoms in total. The van der Waals surface area contributed by atoms with Crippen molar-refractivity contribution >= 4 is 6.16 Å². The predicted octanol–water partition coefficient (Wildman–Crippen LogP) is 8.57. The predicted molar refractivity (Wildman–Crippen MR) is 135 cm³/mol. The van der Waals surface area contributed by atoms with Gasteiger partial charge in [-0.25, -0.2) is 4.79 Å². The normalized spacial score (nSPS) is 40.9. The summed E-state index contributed by atoms with van der Waals surface area (Å²) in [6, 6.07) is 0. The standard InChI is InChI=1S/C30H50O3/c1-7-32-28(31)33-23-15-17-29(5)22(19-23)11-12-24-26-14-13-25(21(4)10-8-9-20(2)3)30(26,6)18-16-27(24)29/h11,20-21,23-27H,7-10,12-19H2,1-6H3/t21?,23-,24?,25+,26?,27?,29-,30+/m0/s1. The molecule has 0 amide bonds. The maximum atomic E-state index is 11.9. The maximum Gasteiger partial charge on any atom is 0.508 e. The molecule has 0 N–H and O–H groups in total. The van der Waals surface area contributed by atoms with Gasteiger partial charge >= 0.3 is 6.16 Å². The second-order valence-electron chi connectivity index (χ2n) is 13.0. The van der Waals surface area contributed by atoms with E-state index in [1.165, 1.54) is 51.4 Å². The summed E-state index contributed by atoms with van der Waals surface area (Å²) in [6.07, 6.45) is 16.3. The van der Waals surface area contributed by atoms with Crippen molar-refractivity contribution in [3.8, 4) is 0 Å². The van der Waals surface area contributed by atoms with Crippen LogP contribution in [0.2, 0.25) is 0 Å². The minimum Gasteiger partial charge on any atom is -0.435 e. The van der Waals surface area contributed by atoms with Crippen molar-refractivity contribution < 1.29 is 14.3 Å². The van der Waals surface area contributed by atoms with Crippen LogP contribution in [-0.4, -0.2) is 18.9 Å². The Bertz CT molecular complexity index is 726. The lowest BCUT2D eigenvalue weighted by molar-refractivity contribution is -0.0615. The van der Waals surface area contributed by atoms with E-state index < -0.39 is 6.16 Å². The van der Waals surface area contributed by atoms with Gasteiger partial charge in [0.15, 0.2) is 0 Å². The first-order valence-corrected chi connectivity index (χ1v) is 14.2. The molecule has 0 aromatic carbocycles. The lowest BCUT2D eigenvalue weighted by Crippen LogP contribution is -2.51. The van der Waals surface area contributed by atoms with Gasteiger partial charge in [-0.05, 0) is 98.2 Å². The molecule has 0 aromatic heterocycles. The van der Waals surface area contributed by atoms with Gasteiger partial charge in [0, 0.05) is 6.42 Å². The Morgan fingerprint density at radius 1 is 1.06 bits per heavy atom. The van der Waals surface area contributed by atoms with Gasteiger partial charge in [-0.3, -0.25) is 0 Å². The Labute approximate surface area is 203 Å². The molecule has 33 heavy (non-hydrogen) atoms. The van der Waals surface area contributed by atoms with Crippen LogP contribution in [0, 0.1) is 46.3 Å².